The van der Waals surface area contributed by atoms with Crippen molar-refractivity contribution >= 4 is 23.8 Å². The van der Waals surface area contributed by atoms with Crippen LogP contribution in [0.15, 0.2) is 36.4 Å². The van der Waals surface area contributed by atoms with E-state index in [9.17, 15) is 14.4 Å². The van der Waals surface area contributed by atoms with Crippen LogP contribution in [0.5, 0.6) is 0 Å². The lowest BCUT2D eigenvalue weighted by Gasteiger charge is -2.13. The van der Waals surface area contributed by atoms with Crippen LogP contribution in [0.4, 0.5) is 5.69 Å². The Morgan fingerprint density at radius 2 is 1.56 bits per heavy atom. The molecule has 0 spiro atoms. The highest BCUT2D eigenvalue weighted by atomic mass is 16.2. The van der Waals surface area contributed by atoms with E-state index in [-0.39, 0.29) is 18.2 Å². The molecule has 1 aromatic rings. The zero-order valence-electron chi connectivity index (χ0n) is 8.34. The number of benzene rings is 1. The van der Waals surface area contributed by atoms with E-state index in [0.29, 0.717) is 5.69 Å². The molecule has 0 unspecified atom stereocenters. The number of carbonyl (C=O) groups excluding carboxylic acids is 3. The van der Waals surface area contributed by atoms with Crippen molar-refractivity contribution in [1.82, 2.24) is 0 Å². The van der Waals surface area contributed by atoms with Crippen LogP contribution in [0.3, 0.4) is 0 Å². The molecule has 0 saturated carbocycles. The summed E-state index contributed by atoms with van der Waals surface area (Å²) in [5, 5.41) is 0. The van der Waals surface area contributed by atoms with E-state index in [1.54, 1.807) is 30.6 Å². The van der Waals surface area contributed by atoms with E-state index in [1.807, 2.05) is 0 Å². The fourth-order valence-electron chi connectivity index (χ4n) is 1.50. The molecule has 1 aliphatic rings. The van der Waals surface area contributed by atoms with Crippen molar-refractivity contribution in [3.8, 4) is 0 Å². The van der Waals surface area contributed by atoms with Crippen molar-refractivity contribution in [3.63, 3.8) is 0 Å². The average molecular weight is 214 g/mol. The number of amides is 2. The molecule has 1 radical (unpaired) electrons. The van der Waals surface area contributed by atoms with Crippen LogP contribution in [0, 0.1) is 0 Å². The van der Waals surface area contributed by atoms with E-state index in [0.717, 1.165) is 10.5 Å². The maximum Gasteiger partial charge on any atom is 0.258 e. The number of hydrogen-bond donors (Lipinski definition) is 0. The average Bonchev–Trinajstić information content (AvgIpc) is 2.61. The molecule has 16 heavy (non-hydrogen) atoms. The predicted octanol–water partition coefficient (Wildman–Crippen LogP) is 0.768. The number of nitrogens with zero attached hydrogens (tertiary/aromatic N) is 1. The van der Waals surface area contributed by atoms with Crippen molar-refractivity contribution in [2.45, 2.75) is 6.42 Å². The topological polar surface area (TPSA) is 54.5 Å². The minimum absolute atomic E-state index is 0.209. The maximum atomic E-state index is 11.4. The van der Waals surface area contributed by atoms with Crippen molar-refractivity contribution < 1.29 is 14.4 Å². The monoisotopic (exact) mass is 214 g/mol. The molecule has 1 heterocycles. The van der Waals surface area contributed by atoms with Gasteiger partial charge in [-0.3, -0.25) is 14.4 Å². The van der Waals surface area contributed by atoms with Gasteiger partial charge in [-0.15, -0.1) is 0 Å². The summed E-state index contributed by atoms with van der Waals surface area (Å²) in [7, 11) is 0. The zero-order chi connectivity index (χ0) is 11.5. The minimum atomic E-state index is -0.348. The van der Waals surface area contributed by atoms with Gasteiger partial charge in [0.25, 0.3) is 11.8 Å². The van der Waals surface area contributed by atoms with Gasteiger partial charge in [0.2, 0.25) is 6.29 Å². The number of carbonyl (C=O) groups is 2. The number of hydrogen-bond acceptors (Lipinski definition) is 3. The van der Waals surface area contributed by atoms with Gasteiger partial charge in [0.15, 0.2) is 0 Å². The molecule has 0 atom stereocenters. The fourth-order valence-corrected chi connectivity index (χ4v) is 1.50. The molecular weight excluding hydrogens is 206 g/mol. The highest BCUT2D eigenvalue weighted by Crippen LogP contribution is 2.19. The second kappa shape index (κ2) is 4.10. The van der Waals surface area contributed by atoms with E-state index in [1.165, 1.54) is 12.2 Å². The third kappa shape index (κ3) is 1.77. The molecule has 2 amide bonds. The first-order valence-electron chi connectivity index (χ1n) is 4.72. The zero-order valence-corrected chi connectivity index (χ0v) is 8.34. The summed E-state index contributed by atoms with van der Waals surface area (Å²) < 4.78 is 0. The molecule has 2 rings (SSSR count). The Morgan fingerprint density at radius 3 is 2.06 bits per heavy atom. The summed E-state index contributed by atoms with van der Waals surface area (Å²) in [6.07, 6.45) is 4.45. The summed E-state index contributed by atoms with van der Waals surface area (Å²) in [5.41, 5.74) is 1.31. The quantitative estimate of drug-likeness (QED) is 0.698. The summed E-state index contributed by atoms with van der Waals surface area (Å²) in [5.74, 6) is -0.695. The lowest BCUT2D eigenvalue weighted by molar-refractivity contribution is -0.119. The molecule has 0 aromatic heterocycles. The van der Waals surface area contributed by atoms with E-state index >= 15 is 0 Å². The number of anilines is 1. The molecule has 0 aliphatic carbocycles. The number of rotatable bonds is 3. The van der Waals surface area contributed by atoms with E-state index in [2.05, 4.69) is 0 Å². The Kier molecular flexibility index (Phi) is 2.64. The second-order valence-electron chi connectivity index (χ2n) is 3.33. The van der Waals surface area contributed by atoms with Gasteiger partial charge in [-0.1, -0.05) is 12.1 Å². The van der Waals surface area contributed by atoms with Gasteiger partial charge in [0, 0.05) is 18.6 Å². The summed E-state index contributed by atoms with van der Waals surface area (Å²) in [6, 6.07) is 6.66. The molecule has 1 aliphatic heterocycles. The molecule has 4 heteroatoms. The molecule has 1 aromatic carbocycles. The second-order valence-corrected chi connectivity index (χ2v) is 3.33. The highest BCUT2D eigenvalue weighted by Gasteiger charge is 2.24. The van der Waals surface area contributed by atoms with Gasteiger partial charge in [-0.25, -0.2) is 4.90 Å². The van der Waals surface area contributed by atoms with Crippen molar-refractivity contribution in [2.75, 3.05) is 4.90 Å². The van der Waals surface area contributed by atoms with Crippen molar-refractivity contribution in [1.29, 1.82) is 0 Å². The van der Waals surface area contributed by atoms with Crippen LogP contribution in [0.25, 0.3) is 0 Å². The Balaban J connectivity index is 2.25. The Hall–Kier alpha value is -2.23. The Morgan fingerprint density at radius 1 is 1.00 bits per heavy atom. The lowest BCUT2D eigenvalue weighted by Crippen LogP contribution is -2.29. The Bertz CT molecular complexity index is 456. The Labute approximate surface area is 92.2 Å². The van der Waals surface area contributed by atoms with Crippen LogP contribution in [-0.4, -0.2) is 18.1 Å². The first-order valence-corrected chi connectivity index (χ1v) is 4.72. The van der Waals surface area contributed by atoms with Crippen LogP contribution in [-0.2, 0) is 20.8 Å². The van der Waals surface area contributed by atoms with Gasteiger partial charge >= 0.3 is 0 Å². The highest BCUT2D eigenvalue weighted by molar-refractivity contribution is 6.28. The first kappa shape index (κ1) is 10.3. The standard InChI is InChI=1S/C12H8NO3/c14-8-7-9-1-3-10(4-2-9)13-11(15)5-6-12(13)16/h1-6H,7H2. The smallest absolute Gasteiger partial charge is 0.258 e. The molecular formula is C12H8NO3. The van der Waals surface area contributed by atoms with Crippen molar-refractivity contribution in [2.24, 2.45) is 0 Å². The third-order valence-corrected chi connectivity index (χ3v) is 2.28. The normalized spacial score (nSPS) is 14.6. The maximum absolute atomic E-state index is 11.4. The molecule has 4 nitrogen and oxygen atoms in total. The van der Waals surface area contributed by atoms with Crippen LogP contribution in [0.1, 0.15) is 5.56 Å². The minimum Gasteiger partial charge on any atom is -0.291 e. The van der Waals surface area contributed by atoms with E-state index in [4.69, 9.17) is 0 Å². The van der Waals surface area contributed by atoms with Gasteiger partial charge in [0.05, 0.1) is 5.69 Å². The molecule has 0 N–H and O–H groups in total. The first-order chi connectivity index (χ1) is 7.72. The molecule has 79 valence electrons. The molecule has 0 saturated heterocycles. The number of imide groups is 1. The van der Waals surface area contributed by atoms with Crippen LogP contribution < -0.4 is 4.90 Å². The lowest BCUT2D eigenvalue weighted by atomic mass is 10.1. The van der Waals surface area contributed by atoms with Crippen molar-refractivity contribution in [3.05, 3.63) is 42.0 Å². The summed E-state index contributed by atoms with van der Waals surface area (Å²) >= 11 is 0. The van der Waals surface area contributed by atoms with Gasteiger partial charge in [-0.05, 0) is 17.7 Å². The van der Waals surface area contributed by atoms with Crippen LogP contribution in [0.2, 0.25) is 0 Å². The fraction of sp³-hybridized carbons (Fsp3) is 0.0833. The third-order valence-electron chi connectivity index (χ3n) is 2.28. The summed E-state index contributed by atoms with van der Waals surface area (Å²) in [6.45, 7) is 0. The SMILES string of the molecule is O=[C]Cc1ccc(N2C(=O)C=CC2=O)cc1. The van der Waals surface area contributed by atoms with E-state index < -0.39 is 0 Å². The van der Waals surface area contributed by atoms with Gasteiger partial charge in [0.1, 0.15) is 0 Å². The largest absolute Gasteiger partial charge is 0.291 e. The van der Waals surface area contributed by atoms with Gasteiger partial charge < -0.3 is 0 Å². The molecule has 0 bridgehead atoms. The predicted molar refractivity (Wildman–Crippen MR) is 57.5 cm³/mol. The van der Waals surface area contributed by atoms with Crippen LogP contribution >= 0.6 is 0 Å². The molecule has 0 fully saturated rings. The summed E-state index contributed by atoms with van der Waals surface area (Å²) in [4.78, 5) is 33.9. The van der Waals surface area contributed by atoms with Gasteiger partial charge in [-0.2, -0.15) is 0 Å².